The van der Waals surface area contributed by atoms with E-state index < -0.39 is 0 Å². The first-order valence-corrected chi connectivity index (χ1v) is 6.73. The van der Waals surface area contributed by atoms with E-state index in [0.29, 0.717) is 11.2 Å². The number of hydrogen-bond donors (Lipinski definition) is 0. The summed E-state index contributed by atoms with van der Waals surface area (Å²) in [7, 11) is 1.93. The number of halogens is 1. The maximum Gasteiger partial charge on any atom is 0.217 e. The molecule has 2 aliphatic rings. The molecule has 0 aromatic carbocycles. The van der Waals surface area contributed by atoms with Gasteiger partial charge in [0.2, 0.25) is 5.29 Å². The first-order valence-electron chi connectivity index (χ1n) is 6.35. The van der Waals surface area contributed by atoms with Crippen LogP contribution in [0.25, 0.3) is 0 Å². The molecule has 1 saturated heterocycles. The van der Waals surface area contributed by atoms with Crippen molar-refractivity contribution in [3.8, 4) is 0 Å². The largest absolute Gasteiger partial charge is 0.381 e. The molecule has 0 radical (unpaired) electrons. The summed E-state index contributed by atoms with van der Waals surface area (Å²) in [6, 6.07) is 0. The molecule has 0 N–H and O–H groups in total. The molecular weight excluding hydrogens is 252 g/mol. The number of nitrogens with zero attached hydrogens (tertiary/aromatic N) is 4. The van der Waals surface area contributed by atoms with Crippen molar-refractivity contribution < 1.29 is 4.74 Å². The predicted octanol–water partition coefficient (Wildman–Crippen LogP) is 1.97. The van der Waals surface area contributed by atoms with Crippen molar-refractivity contribution in [3.05, 3.63) is 17.7 Å². The Morgan fingerprint density at radius 3 is 3.17 bits per heavy atom. The number of hydrogen-bond acceptors (Lipinski definition) is 4. The third kappa shape index (κ3) is 2.12. The summed E-state index contributed by atoms with van der Waals surface area (Å²) in [6.45, 7) is 2.43. The first-order chi connectivity index (χ1) is 8.75. The van der Waals surface area contributed by atoms with Gasteiger partial charge in [-0.3, -0.25) is 0 Å². The Kier molecular flexibility index (Phi) is 3.26. The van der Waals surface area contributed by atoms with Crippen molar-refractivity contribution in [1.29, 1.82) is 0 Å². The Labute approximate surface area is 111 Å². The molecule has 1 fully saturated rings. The fourth-order valence-electron chi connectivity index (χ4n) is 2.53. The third-order valence-electron chi connectivity index (χ3n) is 3.55. The molecule has 0 bridgehead atoms. The minimum atomic E-state index is 0.429. The summed E-state index contributed by atoms with van der Waals surface area (Å²) < 4.78 is 7.41. The van der Waals surface area contributed by atoms with E-state index in [1.165, 1.54) is 0 Å². The second-order valence-corrected chi connectivity index (χ2v) is 5.22. The van der Waals surface area contributed by atoms with Gasteiger partial charge in [-0.15, -0.1) is 5.10 Å². The van der Waals surface area contributed by atoms with Crippen LogP contribution in [-0.2, 0) is 11.3 Å². The molecule has 18 heavy (non-hydrogen) atoms. The Morgan fingerprint density at radius 1 is 1.39 bits per heavy atom. The Hall–Kier alpha value is -1.07. The van der Waals surface area contributed by atoms with Crippen LogP contribution in [0.4, 0.5) is 0 Å². The molecule has 3 heterocycles. The highest BCUT2D eigenvalue weighted by molar-refractivity contribution is 6.64. The second-order valence-electron chi connectivity index (χ2n) is 4.88. The Bertz CT molecular complexity index is 463. The van der Waals surface area contributed by atoms with E-state index in [1.54, 1.807) is 0 Å². The van der Waals surface area contributed by atoms with E-state index in [-0.39, 0.29) is 0 Å². The van der Waals surface area contributed by atoms with Crippen LogP contribution < -0.4 is 0 Å². The first kappa shape index (κ1) is 12.0. The SMILES string of the molecule is CN1Cc2cnc(C3CCCOCC3)n2N=C1Cl. The molecule has 3 rings (SSSR count). The van der Waals surface area contributed by atoms with Gasteiger partial charge in [-0.25, -0.2) is 9.66 Å². The highest BCUT2D eigenvalue weighted by Gasteiger charge is 2.24. The minimum absolute atomic E-state index is 0.429. The Balaban J connectivity index is 1.91. The van der Waals surface area contributed by atoms with Gasteiger partial charge in [-0.2, -0.15) is 0 Å². The summed E-state index contributed by atoms with van der Waals surface area (Å²) in [5.41, 5.74) is 1.10. The molecular formula is C12H17ClN4O. The molecule has 1 unspecified atom stereocenters. The molecule has 0 saturated carbocycles. The summed E-state index contributed by atoms with van der Waals surface area (Å²) in [6.07, 6.45) is 5.12. The van der Waals surface area contributed by atoms with Gasteiger partial charge < -0.3 is 9.64 Å². The van der Waals surface area contributed by atoms with Crippen molar-refractivity contribution in [2.45, 2.75) is 31.7 Å². The molecule has 1 atom stereocenters. The van der Waals surface area contributed by atoms with Gasteiger partial charge in [0, 0.05) is 26.2 Å². The van der Waals surface area contributed by atoms with Crippen LogP contribution in [0.5, 0.6) is 0 Å². The molecule has 1 aromatic heterocycles. The van der Waals surface area contributed by atoms with E-state index >= 15 is 0 Å². The van der Waals surface area contributed by atoms with Crippen LogP contribution >= 0.6 is 11.6 Å². The lowest BCUT2D eigenvalue weighted by Gasteiger charge is -2.23. The smallest absolute Gasteiger partial charge is 0.217 e. The number of imidazole rings is 1. The molecule has 98 valence electrons. The fraction of sp³-hybridized carbons (Fsp3) is 0.667. The molecule has 0 spiro atoms. The number of rotatable bonds is 1. The minimum Gasteiger partial charge on any atom is -0.381 e. The number of fused-ring (bicyclic) bond motifs is 1. The standard InChI is InChI=1S/C12H17ClN4O/c1-16-8-10-7-14-11(17(10)15-12(16)13)9-3-2-5-18-6-4-9/h7,9H,2-6,8H2,1H3. The van der Waals surface area contributed by atoms with Gasteiger partial charge in [-0.05, 0) is 30.9 Å². The highest BCUT2D eigenvalue weighted by Crippen LogP contribution is 2.28. The van der Waals surface area contributed by atoms with Gasteiger partial charge >= 0.3 is 0 Å². The maximum atomic E-state index is 6.10. The van der Waals surface area contributed by atoms with Crippen LogP contribution in [0, 0.1) is 0 Å². The maximum absolute atomic E-state index is 6.10. The lowest BCUT2D eigenvalue weighted by atomic mass is 10.0. The second kappa shape index (κ2) is 4.90. The van der Waals surface area contributed by atoms with E-state index in [1.807, 2.05) is 22.8 Å². The fourth-order valence-corrected chi connectivity index (χ4v) is 2.66. The van der Waals surface area contributed by atoms with Gasteiger partial charge in [0.15, 0.2) is 0 Å². The highest BCUT2D eigenvalue weighted by atomic mass is 35.5. The van der Waals surface area contributed by atoms with E-state index in [4.69, 9.17) is 16.3 Å². The monoisotopic (exact) mass is 268 g/mol. The predicted molar refractivity (Wildman–Crippen MR) is 69.8 cm³/mol. The summed E-state index contributed by atoms with van der Waals surface area (Å²) in [5.74, 6) is 1.46. The van der Waals surface area contributed by atoms with Crippen LogP contribution in [0.2, 0.25) is 0 Å². The van der Waals surface area contributed by atoms with E-state index in [0.717, 1.165) is 50.5 Å². The number of ether oxygens (including phenoxy) is 1. The van der Waals surface area contributed by atoms with Crippen LogP contribution in [0.15, 0.2) is 11.3 Å². The molecule has 0 amide bonds. The van der Waals surface area contributed by atoms with Crippen LogP contribution in [-0.4, -0.2) is 40.1 Å². The zero-order chi connectivity index (χ0) is 12.5. The molecule has 6 heteroatoms. The molecule has 2 aliphatic heterocycles. The van der Waals surface area contributed by atoms with Crippen molar-refractivity contribution in [1.82, 2.24) is 14.6 Å². The van der Waals surface area contributed by atoms with Crippen molar-refractivity contribution >= 4 is 16.9 Å². The Morgan fingerprint density at radius 2 is 2.28 bits per heavy atom. The summed E-state index contributed by atoms with van der Waals surface area (Å²) in [5, 5.41) is 4.93. The van der Waals surface area contributed by atoms with Crippen LogP contribution in [0.1, 0.15) is 36.7 Å². The third-order valence-corrected chi connectivity index (χ3v) is 3.91. The molecule has 5 nitrogen and oxygen atoms in total. The van der Waals surface area contributed by atoms with E-state index in [2.05, 4.69) is 10.1 Å². The van der Waals surface area contributed by atoms with Gasteiger partial charge in [0.1, 0.15) is 5.82 Å². The van der Waals surface area contributed by atoms with Crippen molar-refractivity contribution in [2.75, 3.05) is 20.3 Å². The lowest BCUT2D eigenvalue weighted by molar-refractivity contribution is 0.143. The van der Waals surface area contributed by atoms with Crippen LogP contribution in [0.3, 0.4) is 0 Å². The van der Waals surface area contributed by atoms with Gasteiger partial charge in [-0.1, -0.05) is 0 Å². The normalized spacial score (nSPS) is 24.4. The number of aromatic nitrogens is 2. The lowest BCUT2D eigenvalue weighted by Crippen LogP contribution is -2.28. The summed E-state index contributed by atoms with van der Waals surface area (Å²) >= 11 is 6.10. The quantitative estimate of drug-likeness (QED) is 0.732. The number of amidine groups is 1. The zero-order valence-electron chi connectivity index (χ0n) is 10.5. The topological polar surface area (TPSA) is 42.7 Å². The average Bonchev–Trinajstić information content (AvgIpc) is 2.61. The molecule has 0 aliphatic carbocycles. The van der Waals surface area contributed by atoms with Gasteiger partial charge in [0.25, 0.3) is 0 Å². The average molecular weight is 269 g/mol. The van der Waals surface area contributed by atoms with Crippen molar-refractivity contribution in [3.63, 3.8) is 0 Å². The molecule has 1 aromatic rings. The summed E-state index contributed by atoms with van der Waals surface area (Å²) in [4.78, 5) is 6.46. The van der Waals surface area contributed by atoms with Gasteiger partial charge in [0.05, 0.1) is 18.4 Å². The van der Waals surface area contributed by atoms with E-state index in [9.17, 15) is 0 Å². The zero-order valence-corrected chi connectivity index (χ0v) is 11.2. The van der Waals surface area contributed by atoms with Crippen molar-refractivity contribution in [2.24, 2.45) is 5.10 Å².